The lowest BCUT2D eigenvalue weighted by Gasteiger charge is -2.16. The van der Waals surface area contributed by atoms with Crippen LogP contribution in [0.15, 0.2) is 30.6 Å². The van der Waals surface area contributed by atoms with Crippen LogP contribution in [0.4, 0.5) is 0 Å². The molecule has 0 spiro atoms. The Morgan fingerprint density at radius 2 is 2.05 bits per heavy atom. The largest absolute Gasteiger partial charge is 0.383 e. The number of aromatic nitrogens is 3. The monoisotopic (exact) mass is 326 g/mol. The number of ether oxygens (including phenoxy) is 1. The predicted octanol–water partition coefficient (Wildman–Crippen LogP) is 2.80. The van der Waals surface area contributed by atoms with Gasteiger partial charge in [-0.25, -0.2) is 4.68 Å². The maximum atomic E-state index is 5.89. The van der Waals surface area contributed by atoms with Gasteiger partial charge < -0.3 is 9.30 Å². The lowest BCUT2D eigenvalue weighted by Crippen LogP contribution is -2.22. The van der Waals surface area contributed by atoms with Gasteiger partial charge in [0.05, 0.1) is 13.3 Å². The van der Waals surface area contributed by atoms with E-state index in [0.717, 1.165) is 18.1 Å². The Bertz CT molecular complexity index is 623. The van der Waals surface area contributed by atoms with E-state index in [0.29, 0.717) is 18.0 Å². The van der Waals surface area contributed by atoms with Gasteiger partial charge in [-0.15, -0.1) is 0 Å². The first-order valence-corrected chi connectivity index (χ1v) is 7.43. The summed E-state index contributed by atoms with van der Waals surface area (Å²) in [6.07, 6.45) is 1.75. The zero-order chi connectivity index (χ0) is 15.2. The van der Waals surface area contributed by atoms with Gasteiger partial charge in [0.2, 0.25) is 0 Å². The third-order valence-corrected chi connectivity index (χ3v) is 3.77. The zero-order valence-corrected chi connectivity index (χ0v) is 13.8. The maximum Gasteiger partial charge on any atom is 0.198 e. The molecule has 0 N–H and O–H groups in total. The van der Waals surface area contributed by atoms with Crippen molar-refractivity contribution in [2.45, 2.75) is 19.8 Å². The third kappa shape index (κ3) is 4.64. The van der Waals surface area contributed by atoms with Crippen molar-refractivity contribution in [3.05, 3.63) is 45.9 Å². The van der Waals surface area contributed by atoms with Gasteiger partial charge in [-0.05, 0) is 37.0 Å². The number of rotatable bonds is 7. The fourth-order valence-corrected chi connectivity index (χ4v) is 2.36. The SMILES string of the molecule is COCCn1cnn(CN(C)Cc2ccc(Cl)cc2)c1=S. The zero-order valence-electron chi connectivity index (χ0n) is 12.2. The molecule has 7 heteroatoms. The van der Waals surface area contributed by atoms with Crippen LogP contribution in [0.5, 0.6) is 0 Å². The Balaban J connectivity index is 1.96. The Hall–Kier alpha value is -1.21. The van der Waals surface area contributed by atoms with E-state index < -0.39 is 0 Å². The molecule has 1 aromatic carbocycles. The summed E-state index contributed by atoms with van der Waals surface area (Å²) in [6, 6.07) is 7.84. The topological polar surface area (TPSA) is 35.2 Å². The van der Waals surface area contributed by atoms with Crippen LogP contribution in [-0.4, -0.2) is 40.0 Å². The van der Waals surface area contributed by atoms with Gasteiger partial charge in [0.25, 0.3) is 0 Å². The highest BCUT2D eigenvalue weighted by Gasteiger charge is 2.05. The molecular formula is C14H19ClN4OS. The molecule has 0 radical (unpaired) electrons. The quantitative estimate of drug-likeness (QED) is 0.733. The van der Waals surface area contributed by atoms with Crippen molar-refractivity contribution >= 4 is 23.8 Å². The first-order chi connectivity index (χ1) is 10.1. The summed E-state index contributed by atoms with van der Waals surface area (Å²) < 4.78 is 9.48. The van der Waals surface area contributed by atoms with Crippen LogP contribution < -0.4 is 0 Å². The first-order valence-electron chi connectivity index (χ1n) is 6.64. The molecule has 114 valence electrons. The van der Waals surface area contributed by atoms with Crippen LogP contribution in [0.1, 0.15) is 5.56 Å². The molecule has 0 aliphatic carbocycles. The highest BCUT2D eigenvalue weighted by Crippen LogP contribution is 2.11. The molecule has 0 amide bonds. The Kier molecular flexibility index (Phi) is 5.93. The van der Waals surface area contributed by atoms with Gasteiger partial charge >= 0.3 is 0 Å². The molecule has 21 heavy (non-hydrogen) atoms. The second kappa shape index (κ2) is 7.70. The van der Waals surface area contributed by atoms with Crippen molar-refractivity contribution in [2.24, 2.45) is 0 Å². The lowest BCUT2D eigenvalue weighted by atomic mass is 10.2. The molecule has 2 aromatic rings. The summed E-state index contributed by atoms with van der Waals surface area (Å²) >= 11 is 11.3. The highest BCUT2D eigenvalue weighted by molar-refractivity contribution is 7.71. The van der Waals surface area contributed by atoms with Crippen molar-refractivity contribution in [2.75, 3.05) is 20.8 Å². The van der Waals surface area contributed by atoms with E-state index in [2.05, 4.69) is 10.00 Å². The van der Waals surface area contributed by atoms with E-state index in [9.17, 15) is 0 Å². The van der Waals surface area contributed by atoms with Gasteiger partial charge in [-0.3, -0.25) is 4.90 Å². The van der Waals surface area contributed by atoms with Crippen LogP contribution in [-0.2, 0) is 24.5 Å². The molecule has 0 unspecified atom stereocenters. The second-order valence-corrected chi connectivity index (χ2v) is 5.68. The minimum Gasteiger partial charge on any atom is -0.383 e. The van der Waals surface area contributed by atoms with E-state index in [1.54, 1.807) is 18.1 Å². The molecule has 0 fully saturated rings. The number of halogens is 1. The Morgan fingerprint density at radius 1 is 1.33 bits per heavy atom. The third-order valence-electron chi connectivity index (χ3n) is 3.07. The number of hydrogen-bond donors (Lipinski definition) is 0. The van der Waals surface area contributed by atoms with Gasteiger partial charge in [0.1, 0.15) is 6.33 Å². The van der Waals surface area contributed by atoms with E-state index in [1.165, 1.54) is 5.56 Å². The predicted molar refractivity (Wildman–Crippen MR) is 85.8 cm³/mol. The fourth-order valence-electron chi connectivity index (χ4n) is 1.99. The van der Waals surface area contributed by atoms with Crippen LogP contribution >= 0.6 is 23.8 Å². The van der Waals surface area contributed by atoms with E-state index in [4.69, 9.17) is 28.6 Å². The summed E-state index contributed by atoms with van der Waals surface area (Å²) in [5.74, 6) is 0. The van der Waals surface area contributed by atoms with Crippen LogP contribution in [0.2, 0.25) is 5.02 Å². The molecule has 0 aliphatic rings. The molecular weight excluding hydrogens is 308 g/mol. The van der Waals surface area contributed by atoms with Gasteiger partial charge in [0, 0.05) is 25.2 Å². The van der Waals surface area contributed by atoms with E-state index >= 15 is 0 Å². The van der Waals surface area contributed by atoms with Crippen molar-refractivity contribution in [3.8, 4) is 0 Å². The molecule has 2 rings (SSSR count). The normalized spacial score (nSPS) is 11.2. The van der Waals surface area contributed by atoms with E-state index in [-0.39, 0.29) is 0 Å². The number of benzene rings is 1. The lowest BCUT2D eigenvalue weighted by molar-refractivity contribution is 0.186. The molecule has 0 bridgehead atoms. The second-order valence-electron chi connectivity index (χ2n) is 4.88. The highest BCUT2D eigenvalue weighted by atomic mass is 35.5. The Morgan fingerprint density at radius 3 is 2.71 bits per heavy atom. The molecule has 0 saturated carbocycles. The van der Waals surface area contributed by atoms with Crippen molar-refractivity contribution in [1.29, 1.82) is 0 Å². The fraction of sp³-hybridized carbons (Fsp3) is 0.429. The summed E-state index contributed by atoms with van der Waals surface area (Å²) in [6.45, 7) is 2.79. The van der Waals surface area contributed by atoms with E-state index in [1.807, 2.05) is 35.9 Å². The molecule has 1 aromatic heterocycles. The molecule has 0 aliphatic heterocycles. The summed E-state index contributed by atoms with van der Waals surface area (Å²) in [5, 5.41) is 5.07. The summed E-state index contributed by atoms with van der Waals surface area (Å²) in [7, 11) is 3.71. The smallest absolute Gasteiger partial charge is 0.198 e. The Labute approximate surface area is 134 Å². The van der Waals surface area contributed by atoms with Crippen molar-refractivity contribution in [1.82, 2.24) is 19.2 Å². The average molecular weight is 327 g/mol. The molecule has 1 heterocycles. The number of nitrogens with zero attached hydrogens (tertiary/aromatic N) is 4. The maximum absolute atomic E-state index is 5.89. The molecule has 0 saturated heterocycles. The van der Waals surface area contributed by atoms with Gasteiger partial charge in [0.15, 0.2) is 4.77 Å². The average Bonchev–Trinajstić information content (AvgIpc) is 2.80. The number of hydrogen-bond acceptors (Lipinski definition) is 4. The standard InChI is InChI=1S/C14H19ClN4OS/c1-17(9-12-3-5-13(15)6-4-12)11-19-14(21)18(10-16-19)7-8-20-2/h3-6,10H,7-9,11H2,1-2H3. The van der Waals surface area contributed by atoms with Crippen LogP contribution in [0.25, 0.3) is 0 Å². The summed E-state index contributed by atoms with van der Waals surface area (Å²) in [5.41, 5.74) is 1.20. The number of methoxy groups -OCH3 is 1. The summed E-state index contributed by atoms with van der Waals surface area (Å²) in [4.78, 5) is 2.15. The first kappa shape index (κ1) is 16.2. The molecule has 5 nitrogen and oxygen atoms in total. The van der Waals surface area contributed by atoms with Crippen molar-refractivity contribution < 1.29 is 4.74 Å². The minimum absolute atomic E-state index is 0.626. The van der Waals surface area contributed by atoms with Crippen molar-refractivity contribution in [3.63, 3.8) is 0 Å². The van der Waals surface area contributed by atoms with Crippen LogP contribution in [0.3, 0.4) is 0 Å². The van der Waals surface area contributed by atoms with Gasteiger partial charge in [-0.1, -0.05) is 23.7 Å². The molecule has 0 atom stereocenters. The van der Waals surface area contributed by atoms with Gasteiger partial charge in [-0.2, -0.15) is 5.10 Å². The van der Waals surface area contributed by atoms with Crippen LogP contribution in [0, 0.1) is 4.77 Å². The minimum atomic E-state index is 0.626.